The van der Waals surface area contributed by atoms with Gasteiger partial charge in [0.1, 0.15) is 11.8 Å². The zero-order chi connectivity index (χ0) is 13.9. The first kappa shape index (κ1) is 12.2. The van der Waals surface area contributed by atoms with Crippen LogP contribution in [0.3, 0.4) is 0 Å². The second kappa shape index (κ2) is 5.02. The Morgan fingerprint density at radius 1 is 1.00 bits per heavy atom. The highest BCUT2D eigenvalue weighted by Crippen LogP contribution is 2.22. The van der Waals surface area contributed by atoms with Gasteiger partial charge in [0.2, 0.25) is 0 Å². The fourth-order valence-corrected chi connectivity index (χ4v) is 2.17. The molecule has 0 amide bonds. The van der Waals surface area contributed by atoms with Crippen molar-refractivity contribution in [3.8, 4) is 23.0 Å². The maximum atomic E-state index is 9.28. The van der Waals surface area contributed by atoms with Crippen LogP contribution in [0.2, 0.25) is 0 Å². The number of para-hydroxylation sites is 1. The number of hydrogen-bond acceptors (Lipinski definition) is 2. The largest absolute Gasteiger partial charge is 0.222 e. The van der Waals surface area contributed by atoms with Gasteiger partial charge in [0.05, 0.1) is 11.4 Å². The maximum absolute atomic E-state index is 9.28. The van der Waals surface area contributed by atoms with E-state index >= 15 is 0 Å². The molecule has 0 saturated carbocycles. The normalized spacial score (nSPS) is 10.2. The van der Waals surface area contributed by atoms with Gasteiger partial charge in [-0.15, -0.1) is 0 Å². The van der Waals surface area contributed by atoms with Crippen LogP contribution in [0.1, 0.15) is 11.3 Å². The second-order valence-electron chi connectivity index (χ2n) is 4.64. The number of aromatic nitrogens is 2. The van der Waals surface area contributed by atoms with Gasteiger partial charge in [0.25, 0.3) is 0 Å². The lowest BCUT2D eigenvalue weighted by Gasteiger charge is -2.02. The lowest BCUT2D eigenvalue weighted by atomic mass is 10.1. The number of aryl methyl sites for hydroxylation is 1. The van der Waals surface area contributed by atoms with E-state index < -0.39 is 0 Å². The van der Waals surface area contributed by atoms with Crippen molar-refractivity contribution in [2.75, 3.05) is 0 Å². The topological polar surface area (TPSA) is 41.6 Å². The molecule has 0 atom stereocenters. The summed E-state index contributed by atoms with van der Waals surface area (Å²) in [5.74, 6) is 0. The highest BCUT2D eigenvalue weighted by atomic mass is 15.3. The third-order valence-corrected chi connectivity index (χ3v) is 3.14. The van der Waals surface area contributed by atoms with E-state index in [1.165, 1.54) is 5.56 Å². The third kappa shape index (κ3) is 2.19. The fraction of sp³-hybridized carbons (Fsp3) is 0.0588. The van der Waals surface area contributed by atoms with E-state index in [1.54, 1.807) is 4.68 Å². The Labute approximate surface area is 117 Å². The molecule has 1 aromatic heterocycles. The molecule has 3 rings (SSSR count). The van der Waals surface area contributed by atoms with Crippen LogP contribution in [0, 0.1) is 18.3 Å². The molecule has 0 aliphatic heterocycles. The van der Waals surface area contributed by atoms with E-state index in [-0.39, 0.29) is 0 Å². The minimum atomic E-state index is 0.535. The summed E-state index contributed by atoms with van der Waals surface area (Å²) in [4.78, 5) is 0. The molecule has 2 aromatic carbocycles. The summed E-state index contributed by atoms with van der Waals surface area (Å²) in [5.41, 5.74) is 4.44. The number of nitrogens with zero attached hydrogens (tertiary/aromatic N) is 3. The molecule has 3 heteroatoms. The number of nitriles is 1. The Hall–Kier alpha value is -2.86. The van der Waals surface area contributed by atoms with Crippen molar-refractivity contribution in [3.05, 3.63) is 71.9 Å². The Kier molecular flexibility index (Phi) is 3.06. The molecule has 0 radical (unpaired) electrons. The lowest BCUT2D eigenvalue weighted by Crippen LogP contribution is -1.98. The van der Waals surface area contributed by atoms with Gasteiger partial charge in [-0.05, 0) is 25.1 Å². The molecule has 96 valence electrons. The van der Waals surface area contributed by atoms with Crippen molar-refractivity contribution >= 4 is 0 Å². The standard InChI is InChI=1S/C17H13N3/c1-13-6-5-7-14(10-13)17-11-16(12-18)20(19-17)15-8-3-2-4-9-15/h2-11H,1H3. The molecule has 1 heterocycles. The van der Waals surface area contributed by atoms with Gasteiger partial charge in [-0.2, -0.15) is 10.4 Å². The molecule has 0 aliphatic carbocycles. The number of benzene rings is 2. The van der Waals surface area contributed by atoms with Gasteiger partial charge in [0.15, 0.2) is 0 Å². The fourth-order valence-electron chi connectivity index (χ4n) is 2.17. The molecular weight excluding hydrogens is 246 g/mol. The smallest absolute Gasteiger partial charge is 0.144 e. The monoisotopic (exact) mass is 259 g/mol. The lowest BCUT2D eigenvalue weighted by molar-refractivity contribution is 0.870. The van der Waals surface area contributed by atoms with Gasteiger partial charge in [-0.1, -0.05) is 42.0 Å². The molecule has 0 fully saturated rings. The summed E-state index contributed by atoms with van der Waals surface area (Å²) in [6, 6.07) is 21.8. The van der Waals surface area contributed by atoms with E-state index in [2.05, 4.69) is 17.2 Å². The van der Waals surface area contributed by atoms with Gasteiger partial charge >= 0.3 is 0 Å². The summed E-state index contributed by atoms with van der Waals surface area (Å²) in [7, 11) is 0. The summed E-state index contributed by atoms with van der Waals surface area (Å²) >= 11 is 0. The van der Waals surface area contributed by atoms with E-state index in [9.17, 15) is 5.26 Å². The summed E-state index contributed by atoms with van der Waals surface area (Å²) < 4.78 is 1.68. The Morgan fingerprint density at radius 3 is 2.50 bits per heavy atom. The first-order chi connectivity index (χ1) is 9.78. The molecule has 0 unspecified atom stereocenters. The zero-order valence-corrected chi connectivity index (χ0v) is 11.1. The van der Waals surface area contributed by atoms with Gasteiger partial charge in [0, 0.05) is 11.6 Å². The summed E-state index contributed by atoms with van der Waals surface area (Å²) in [6.07, 6.45) is 0. The van der Waals surface area contributed by atoms with Crippen LogP contribution in [0.5, 0.6) is 0 Å². The van der Waals surface area contributed by atoms with Crippen molar-refractivity contribution in [3.63, 3.8) is 0 Å². The van der Waals surface area contributed by atoms with E-state index in [0.29, 0.717) is 5.69 Å². The molecule has 0 saturated heterocycles. The number of rotatable bonds is 2. The van der Waals surface area contributed by atoms with Gasteiger partial charge in [-0.25, -0.2) is 4.68 Å². The average Bonchev–Trinajstić information content (AvgIpc) is 2.92. The van der Waals surface area contributed by atoms with Gasteiger partial charge < -0.3 is 0 Å². The van der Waals surface area contributed by atoms with Crippen LogP contribution in [0.4, 0.5) is 0 Å². The van der Waals surface area contributed by atoms with E-state index in [4.69, 9.17) is 0 Å². The van der Waals surface area contributed by atoms with Crippen molar-refractivity contribution < 1.29 is 0 Å². The predicted molar refractivity (Wildman–Crippen MR) is 78.5 cm³/mol. The quantitative estimate of drug-likeness (QED) is 0.703. The van der Waals surface area contributed by atoms with E-state index in [0.717, 1.165) is 16.9 Å². The minimum Gasteiger partial charge on any atom is -0.222 e. The van der Waals surface area contributed by atoms with Crippen molar-refractivity contribution in [1.82, 2.24) is 9.78 Å². The van der Waals surface area contributed by atoms with Crippen LogP contribution >= 0.6 is 0 Å². The molecular formula is C17H13N3. The Balaban J connectivity index is 2.13. The third-order valence-electron chi connectivity index (χ3n) is 3.14. The van der Waals surface area contributed by atoms with Gasteiger partial charge in [-0.3, -0.25) is 0 Å². The van der Waals surface area contributed by atoms with E-state index in [1.807, 2.05) is 61.5 Å². The average molecular weight is 259 g/mol. The summed E-state index contributed by atoms with van der Waals surface area (Å²) in [5, 5.41) is 13.8. The predicted octanol–water partition coefficient (Wildman–Crippen LogP) is 3.72. The molecule has 0 spiro atoms. The number of hydrogen-bond donors (Lipinski definition) is 0. The molecule has 0 aliphatic rings. The van der Waals surface area contributed by atoms with Crippen LogP contribution in [0.15, 0.2) is 60.7 Å². The second-order valence-corrected chi connectivity index (χ2v) is 4.64. The van der Waals surface area contributed by atoms with Crippen molar-refractivity contribution in [2.24, 2.45) is 0 Å². The molecule has 3 nitrogen and oxygen atoms in total. The van der Waals surface area contributed by atoms with Crippen molar-refractivity contribution in [1.29, 1.82) is 5.26 Å². The van der Waals surface area contributed by atoms with Crippen LogP contribution < -0.4 is 0 Å². The minimum absolute atomic E-state index is 0.535. The first-order valence-corrected chi connectivity index (χ1v) is 6.40. The Bertz CT molecular complexity index is 779. The summed E-state index contributed by atoms with van der Waals surface area (Å²) in [6.45, 7) is 2.04. The molecule has 0 N–H and O–H groups in total. The highest BCUT2D eigenvalue weighted by molar-refractivity contribution is 5.62. The van der Waals surface area contributed by atoms with Crippen LogP contribution in [-0.2, 0) is 0 Å². The zero-order valence-electron chi connectivity index (χ0n) is 11.1. The van der Waals surface area contributed by atoms with Crippen molar-refractivity contribution in [2.45, 2.75) is 6.92 Å². The molecule has 0 bridgehead atoms. The maximum Gasteiger partial charge on any atom is 0.144 e. The Morgan fingerprint density at radius 2 is 1.80 bits per heavy atom. The van der Waals surface area contributed by atoms with Crippen LogP contribution in [-0.4, -0.2) is 9.78 Å². The van der Waals surface area contributed by atoms with Crippen LogP contribution in [0.25, 0.3) is 16.9 Å². The molecule has 3 aromatic rings. The highest BCUT2D eigenvalue weighted by Gasteiger charge is 2.10. The SMILES string of the molecule is Cc1cccc(-c2cc(C#N)n(-c3ccccc3)n2)c1. The first-order valence-electron chi connectivity index (χ1n) is 6.40. The molecule has 20 heavy (non-hydrogen) atoms.